The van der Waals surface area contributed by atoms with Crippen molar-refractivity contribution in [3.8, 4) is 5.75 Å². The predicted octanol–water partition coefficient (Wildman–Crippen LogP) is 4.26. The summed E-state index contributed by atoms with van der Waals surface area (Å²) in [7, 11) is 5.93. The number of hydrogen-bond donors (Lipinski definition) is 1. The van der Waals surface area contributed by atoms with Crippen molar-refractivity contribution >= 4 is 24.7 Å². The molecule has 0 spiro atoms. The van der Waals surface area contributed by atoms with Gasteiger partial charge in [0.05, 0.1) is 26.6 Å². The van der Waals surface area contributed by atoms with Crippen molar-refractivity contribution in [3.05, 3.63) is 30.0 Å². The molecule has 1 N–H and O–H groups in total. The number of esters is 1. The Kier molecular flexibility index (Phi) is 5.75. The van der Waals surface area contributed by atoms with Crippen LogP contribution < -0.4 is 4.74 Å². The third-order valence-corrected chi connectivity index (χ3v) is 3.47. The van der Waals surface area contributed by atoms with Crippen LogP contribution in [0.25, 0.3) is 10.9 Å². The van der Waals surface area contributed by atoms with Gasteiger partial charge >= 0.3 is 5.97 Å². The summed E-state index contributed by atoms with van der Waals surface area (Å²) in [6.07, 6.45) is 4.74. The largest absolute Gasteiger partial charge is 0.494 e. The molecular formula is C18H24BNO3. The second-order valence-electron chi connectivity index (χ2n) is 6.53. The lowest BCUT2D eigenvalue weighted by molar-refractivity contribution is 0.0500. The topological polar surface area (TPSA) is 51.3 Å². The highest BCUT2D eigenvalue weighted by Gasteiger charge is 2.15. The quantitative estimate of drug-likeness (QED) is 0.450. The lowest BCUT2D eigenvalue weighted by Gasteiger charge is -2.19. The monoisotopic (exact) mass is 313 g/mol. The number of nitrogens with one attached hydrogen (secondary N) is 1. The molecule has 0 bridgehead atoms. The van der Waals surface area contributed by atoms with E-state index in [9.17, 15) is 4.79 Å². The molecule has 1 heterocycles. The minimum absolute atomic E-state index is 0.302. The molecule has 2 radical (unpaired) electrons. The molecule has 0 aliphatic heterocycles. The van der Waals surface area contributed by atoms with Gasteiger partial charge in [-0.05, 0) is 29.9 Å². The number of aromatic nitrogens is 1. The summed E-state index contributed by atoms with van der Waals surface area (Å²) in [6.45, 7) is 6.78. The SMILES string of the molecule is [B]C(C)(C)COc1ccc2[nH]cc(C(=O)OCCCCC)c2c1. The third kappa shape index (κ3) is 5.05. The van der Waals surface area contributed by atoms with Gasteiger partial charge in [0, 0.05) is 17.1 Å². The molecule has 0 unspecified atom stereocenters. The van der Waals surface area contributed by atoms with Crippen molar-refractivity contribution in [1.29, 1.82) is 0 Å². The van der Waals surface area contributed by atoms with E-state index in [0.29, 0.717) is 24.5 Å². The normalized spacial score (nSPS) is 11.6. The summed E-state index contributed by atoms with van der Waals surface area (Å²) in [4.78, 5) is 15.3. The van der Waals surface area contributed by atoms with Gasteiger partial charge in [0.2, 0.25) is 0 Å². The van der Waals surface area contributed by atoms with Gasteiger partial charge in [-0.2, -0.15) is 0 Å². The Hall–Kier alpha value is -1.91. The lowest BCUT2D eigenvalue weighted by atomic mass is 9.73. The highest BCUT2D eigenvalue weighted by atomic mass is 16.5. The van der Waals surface area contributed by atoms with Crippen LogP contribution in [-0.2, 0) is 4.74 Å². The molecule has 0 fully saturated rings. The average molecular weight is 313 g/mol. The molecule has 2 rings (SSSR count). The number of ether oxygens (including phenoxy) is 2. The van der Waals surface area contributed by atoms with E-state index in [0.717, 1.165) is 30.2 Å². The zero-order valence-electron chi connectivity index (χ0n) is 14.1. The van der Waals surface area contributed by atoms with Gasteiger partial charge in [0.1, 0.15) is 5.75 Å². The average Bonchev–Trinajstić information content (AvgIpc) is 2.92. The van der Waals surface area contributed by atoms with E-state index >= 15 is 0 Å². The van der Waals surface area contributed by atoms with Crippen LogP contribution in [0.2, 0.25) is 5.31 Å². The van der Waals surface area contributed by atoms with Gasteiger partial charge in [-0.25, -0.2) is 4.79 Å². The zero-order chi connectivity index (χ0) is 16.9. The van der Waals surface area contributed by atoms with Crippen molar-refractivity contribution in [2.24, 2.45) is 0 Å². The summed E-state index contributed by atoms with van der Waals surface area (Å²) in [5.74, 6) is 0.388. The molecule has 1 aromatic heterocycles. The highest BCUT2D eigenvalue weighted by Crippen LogP contribution is 2.26. The van der Waals surface area contributed by atoms with Crippen molar-refractivity contribution in [2.75, 3.05) is 13.2 Å². The number of hydrogen-bond acceptors (Lipinski definition) is 3. The Balaban J connectivity index is 2.10. The Morgan fingerprint density at radius 3 is 2.78 bits per heavy atom. The van der Waals surface area contributed by atoms with Crippen LogP contribution in [0, 0.1) is 0 Å². The number of carbonyl (C=O) groups is 1. The standard InChI is InChI=1S/C18H24BNO3/c1-4-5-6-9-22-17(21)15-11-20-16-8-7-13(10-14(15)16)23-12-18(2,3)19/h7-8,10-11,20H,4-6,9,12H2,1-3H3. The first-order valence-corrected chi connectivity index (χ1v) is 8.10. The fourth-order valence-electron chi connectivity index (χ4n) is 2.22. The van der Waals surface area contributed by atoms with Crippen LogP contribution in [0.5, 0.6) is 5.75 Å². The van der Waals surface area contributed by atoms with Crippen LogP contribution in [0.4, 0.5) is 0 Å². The van der Waals surface area contributed by atoms with Crippen LogP contribution in [-0.4, -0.2) is 32.0 Å². The van der Waals surface area contributed by atoms with Crippen molar-refractivity contribution in [3.63, 3.8) is 0 Å². The lowest BCUT2D eigenvalue weighted by Crippen LogP contribution is -2.14. The molecule has 0 atom stereocenters. The van der Waals surface area contributed by atoms with Crippen LogP contribution in [0.1, 0.15) is 50.4 Å². The Morgan fingerprint density at radius 1 is 1.30 bits per heavy atom. The van der Waals surface area contributed by atoms with Gasteiger partial charge < -0.3 is 14.5 Å². The highest BCUT2D eigenvalue weighted by molar-refractivity contribution is 6.14. The maximum absolute atomic E-state index is 12.2. The molecule has 0 saturated carbocycles. The van der Waals surface area contributed by atoms with Crippen molar-refractivity contribution in [1.82, 2.24) is 4.98 Å². The molecule has 23 heavy (non-hydrogen) atoms. The van der Waals surface area contributed by atoms with Gasteiger partial charge in [-0.3, -0.25) is 0 Å². The molecule has 5 heteroatoms. The van der Waals surface area contributed by atoms with Crippen molar-refractivity contribution in [2.45, 2.75) is 45.3 Å². The molecule has 4 nitrogen and oxygen atoms in total. The Bertz CT molecular complexity index is 658. The second kappa shape index (κ2) is 7.58. The molecule has 0 aliphatic carbocycles. The van der Waals surface area contributed by atoms with Crippen LogP contribution in [0.15, 0.2) is 24.4 Å². The van der Waals surface area contributed by atoms with Gasteiger partial charge in [0.15, 0.2) is 0 Å². The number of unbranched alkanes of at least 4 members (excludes halogenated alkanes) is 2. The first kappa shape index (κ1) is 17.4. The predicted molar refractivity (Wildman–Crippen MR) is 93.4 cm³/mol. The van der Waals surface area contributed by atoms with Crippen LogP contribution in [0.3, 0.4) is 0 Å². The maximum Gasteiger partial charge on any atom is 0.340 e. The Labute approximate surface area is 139 Å². The maximum atomic E-state index is 12.2. The van der Waals surface area contributed by atoms with Gasteiger partial charge in [-0.1, -0.05) is 33.6 Å². The van der Waals surface area contributed by atoms with E-state index in [1.165, 1.54) is 0 Å². The van der Waals surface area contributed by atoms with Gasteiger partial charge in [0.25, 0.3) is 0 Å². The number of carbonyl (C=O) groups excluding carboxylic acids is 1. The molecule has 0 amide bonds. The summed E-state index contributed by atoms with van der Waals surface area (Å²) >= 11 is 0. The first-order valence-electron chi connectivity index (χ1n) is 8.10. The number of aromatic amines is 1. The second-order valence-corrected chi connectivity index (χ2v) is 6.53. The van der Waals surface area contributed by atoms with Crippen molar-refractivity contribution < 1.29 is 14.3 Å². The van der Waals surface area contributed by atoms with E-state index < -0.39 is 5.31 Å². The minimum atomic E-state index is -0.409. The van der Waals surface area contributed by atoms with Crippen LogP contribution >= 0.6 is 0 Å². The zero-order valence-corrected chi connectivity index (χ0v) is 14.1. The number of fused-ring (bicyclic) bond motifs is 1. The minimum Gasteiger partial charge on any atom is -0.494 e. The van der Waals surface area contributed by atoms with E-state index in [4.69, 9.17) is 17.3 Å². The van der Waals surface area contributed by atoms with E-state index in [1.54, 1.807) is 6.20 Å². The first-order chi connectivity index (χ1) is 10.9. The summed E-state index contributed by atoms with van der Waals surface area (Å²) in [6, 6.07) is 5.60. The van der Waals surface area contributed by atoms with E-state index in [1.807, 2.05) is 32.0 Å². The number of rotatable bonds is 8. The fraction of sp³-hybridized carbons (Fsp3) is 0.500. The smallest absolute Gasteiger partial charge is 0.340 e. The Morgan fingerprint density at radius 2 is 2.09 bits per heavy atom. The molecule has 2 aromatic rings. The summed E-state index contributed by atoms with van der Waals surface area (Å²) < 4.78 is 11.0. The fourth-order valence-corrected chi connectivity index (χ4v) is 2.22. The molecule has 122 valence electrons. The number of H-pyrrole nitrogens is 1. The molecule has 0 saturated heterocycles. The van der Waals surface area contributed by atoms with E-state index in [-0.39, 0.29) is 5.97 Å². The summed E-state index contributed by atoms with van der Waals surface area (Å²) in [5, 5.41) is 0.395. The molecule has 0 aliphatic rings. The molecular weight excluding hydrogens is 289 g/mol. The molecule has 1 aromatic carbocycles. The number of benzene rings is 1. The summed E-state index contributed by atoms with van der Waals surface area (Å²) in [5.41, 5.74) is 1.42. The van der Waals surface area contributed by atoms with Gasteiger partial charge in [-0.15, -0.1) is 0 Å². The van der Waals surface area contributed by atoms with E-state index in [2.05, 4.69) is 11.9 Å². The third-order valence-electron chi connectivity index (χ3n) is 3.47.